The van der Waals surface area contributed by atoms with Crippen molar-refractivity contribution >= 4 is 21.4 Å². The normalized spacial score (nSPS) is 11.4. The molecule has 1 aromatic carbocycles. The Balaban J connectivity index is 3.28. The molecule has 90 valence electrons. The lowest BCUT2D eigenvalue weighted by molar-refractivity contribution is 0.185. The number of benzene rings is 1. The Labute approximate surface area is 95.0 Å². The van der Waals surface area contributed by atoms with E-state index in [1.807, 2.05) is 0 Å². The van der Waals surface area contributed by atoms with Gasteiger partial charge >= 0.3 is 0 Å². The largest absolute Gasteiger partial charge is 0.397 e. The van der Waals surface area contributed by atoms with Crippen LogP contribution in [0.15, 0.2) is 23.1 Å². The summed E-state index contributed by atoms with van der Waals surface area (Å²) in [7, 11) is 0.997. The maximum Gasteiger partial charge on any atom is 0.240 e. The molecule has 0 fully saturated rings. The van der Waals surface area contributed by atoms with E-state index in [2.05, 4.69) is 4.72 Å². The molecule has 0 unspecified atom stereocenters. The summed E-state index contributed by atoms with van der Waals surface area (Å²) in [5.41, 5.74) is 6.66. The molecule has 0 amide bonds. The molecule has 1 rings (SSSR count). The number of nitrogens with zero attached hydrogens (tertiary/aromatic N) is 1. The first kappa shape index (κ1) is 12.8. The minimum absolute atomic E-state index is 0.142. The van der Waals surface area contributed by atoms with Crippen molar-refractivity contribution in [3.8, 4) is 0 Å². The molecule has 3 N–H and O–H groups in total. The highest BCUT2D eigenvalue weighted by molar-refractivity contribution is 7.89. The van der Waals surface area contributed by atoms with Gasteiger partial charge in [-0.05, 0) is 25.2 Å². The molecule has 7 heteroatoms. The van der Waals surface area contributed by atoms with Gasteiger partial charge in [-0.25, -0.2) is 13.1 Å². The second kappa shape index (κ2) is 4.69. The van der Waals surface area contributed by atoms with Gasteiger partial charge in [-0.15, -0.1) is 0 Å². The van der Waals surface area contributed by atoms with Crippen LogP contribution in [0.5, 0.6) is 0 Å². The summed E-state index contributed by atoms with van der Waals surface area (Å²) in [6.45, 7) is 0. The van der Waals surface area contributed by atoms with Gasteiger partial charge in [0.2, 0.25) is 10.0 Å². The highest BCUT2D eigenvalue weighted by atomic mass is 32.2. The van der Waals surface area contributed by atoms with E-state index in [4.69, 9.17) is 10.6 Å². The van der Waals surface area contributed by atoms with E-state index in [1.165, 1.54) is 37.4 Å². The van der Waals surface area contributed by atoms with E-state index in [9.17, 15) is 8.42 Å². The molecule has 0 radical (unpaired) electrons. The summed E-state index contributed by atoms with van der Waals surface area (Å²) in [6, 6.07) is 4.41. The molecule has 0 aromatic heterocycles. The number of nitrogen functional groups attached to an aromatic ring is 1. The zero-order valence-electron chi connectivity index (χ0n) is 9.39. The van der Waals surface area contributed by atoms with Crippen LogP contribution in [0.1, 0.15) is 0 Å². The number of rotatable bonds is 4. The number of hydrogen-bond acceptors (Lipinski definition) is 5. The Bertz CT molecular complexity index is 473. The minimum Gasteiger partial charge on any atom is -0.397 e. The van der Waals surface area contributed by atoms with Crippen LogP contribution in [-0.2, 0) is 14.9 Å². The van der Waals surface area contributed by atoms with Gasteiger partial charge in [-0.2, -0.15) is 0 Å². The summed E-state index contributed by atoms with van der Waals surface area (Å²) >= 11 is 0. The summed E-state index contributed by atoms with van der Waals surface area (Å²) in [5, 5.41) is 1.39. The molecule has 0 aliphatic carbocycles. The number of hydroxylamine groups is 1. The van der Waals surface area contributed by atoms with E-state index in [-0.39, 0.29) is 4.90 Å². The molecule has 0 spiro atoms. The number of nitrogens with one attached hydrogen (secondary N) is 1. The Morgan fingerprint density at radius 2 is 2.06 bits per heavy atom. The first-order valence-electron chi connectivity index (χ1n) is 4.53. The van der Waals surface area contributed by atoms with Gasteiger partial charge in [-0.1, -0.05) is 0 Å². The average Bonchev–Trinajstić information content (AvgIpc) is 2.28. The lowest BCUT2D eigenvalue weighted by Crippen LogP contribution is -2.21. The zero-order valence-corrected chi connectivity index (χ0v) is 10.2. The summed E-state index contributed by atoms with van der Waals surface area (Å²) in [4.78, 5) is 5.10. The molecular weight excluding hydrogens is 230 g/mol. The Morgan fingerprint density at radius 3 is 2.56 bits per heavy atom. The van der Waals surface area contributed by atoms with E-state index >= 15 is 0 Å². The Morgan fingerprint density at radius 1 is 1.44 bits per heavy atom. The average molecular weight is 245 g/mol. The van der Waals surface area contributed by atoms with Crippen molar-refractivity contribution in [1.29, 1.82) is 0 Å². The number of sulfonamides is 1. The van der Waals surface area contributed by atoms with Gasteiger partial charge in [0.1, 0.15) is 0 Å². The molecule has 0 saturated heterocycles. The quantitative estimate of drug-likeness (QED) is 0.583. The van der Waals surface area contributed by atoms with Gasteiger partial charge in [0.15, 0.2) is 0 Å². The lowest BCUT2D eigenvalue weighted by Gasteiger charge is -2.18. The first-order chi connectivity index (χ1) is 7.42. The van der Waals surface area contributed by atoms with E-state index in [1.54, 1.807) is 7.05 Å². The lowest BCUT2D eigenvalue weighted by atomic mass is 10.3. The van der Waals surface area contributed by atoms with Crippen LogP contribution >= 0.6 is 0 Å². The molecular formula is C9H15N3O3S. The predicted octanol–water partition coefficient (Wildman–Crippen LogP) is 0.174. The molecule has 0 aliphatic heterocycles. The van der Waals surface area contributed by atoms with E-state index < -0.39 is 10.0 Å². The maximum absolute atomic E-state index is 11.6. The zero-order chi connectivity index (χ0) is 12.3. The van der Waals surface area contributed by atoms with Crippen LogP contribution < -0.4 is 15.5 Å². The number of anilines is 2. The summed E-state index contributed by atoms with van der Waals surface area (Å²) in [5.74, 6) is 0. The number of hydrogen-bond donors (Lipinski definition) is 2. The molecule has 6 nitrogen and oxygen atoms in total. The third kappa shape index (κ3) is 2.43. The molecule has 0 bridgehead atoms. The van der Waals surface area contributed by atoms with E-state index in [0.29, 0.717) is 11.4 Å². The molecule has 0 saturated carbocycles. The first-order valence-corrected chi connectivity index (χ1v) is 6.01. The van der Waals surface area contributed by atoms with Gasteiger partial charge in [0.05, 0.1) is 23.4 Å². The van der Waals surface area contributed by atoms with Crippen molar-refractivity contribution in [1.82, 2.24) is 4.72 Å². The van der Waals surface area contributed by atoms with Gasteiger partial charge in [-0.3, -0.25) is 9.90 Å². The van der Waals surface area contributed by atoms with E-state index in [0.717, 1.165) is 0 Å². The standard InChI is InChI=1S/C9H15N3O3S/c1-11-16(13,14)7-4-5-8(10)9(6-7)12(2)15-3/h4-6,11H,10H2,1-3H3. The van der Waals surface area contributed by atoms with Crippen LogP contribution in [0, 0.1) is 0 Å². The fourth-order valence-corrected chi connectivity index (χ4v) is 1.93. The Kier molecular flexibility index (Phi) is 3.74. The van der Waals surface area contributed by atoms with Crippen molar-refractivity contribution in [3.63, 3.8) is 0 Å². The van der Waals surface area contributed by atoms with Crippen molar-refractivity contribution in [2.45, 2.75) is 4.90 Å². The number of nitrogens with two attached hydrogens (primary N) is 1. The second-order valence-corrected chi connectivity index (χ2v) is 4.99. The molecule has 0 heterocycles. The highest BCUT2D eigenvalue weighted by Gasteiger charge is 2.14. The minimum atomic E-state index is -3.47. The van der Waals surface area contributed by atoms with Crippen LogP contribution in [0.25, 0.3) is 0 Å². The molecule has 0 aliphatic rings. The Hall–Kier alpha value is -1.31. The summed E-state index contributed by atoms with van der Waals surface area (Å²) in [6.07, 6.45) is 0. The summed E-state index contributed by atoms with van der Waals surface area (Å²) < 4.78 is 25.4. The van der Waals surface area contributed by atoms with Crippen molar-refractivity contribution in [2.75, 3.05) is 32.0 Å². The smallest absolute Gasteiger partial charge is 0.240 e. The predicted molar refractivity (Wildman–Crippen MR) is 62.5 cm³/mol. The maximum atomic E-state index is 11.6. The fraction of sp³-hybridized carbons (Fsp3) is 0.333. The van der Waals surface area contributed by atoms with Crippen molar-refractivity contribution in [2.24, 2.45) is 0 Å². The van der Waals surface area contributed by atoms with Crippen LogP contribution in [-0.4, -0.2) is 29.6 Å². The highest BCUT2D eigenvalue weighted by Crippen LogP contribution is 2.25. The third-order valence-electron chi connectivity index (χ3n) is 2.19. The second-order valence-electron chi connectivity index (χ2n) is 3.11. The third-order valence-corrected chi connectivity index (χ3v) is 3.61. The van der Waals surface area contributed by atoms with Gasteiger partial charge < -0.3 is 5.73 Å². The molecule has 0 atom stereocenters. The van der Waals surface area contributed by atoms with Crippen molar-refractivity contribution in [3.05, 3.63) is 18.2 Å². The van der Waals surface area contributed by atoms with Crippen molar-refractivity contribution < 1.29 is 13.3 Å². The molecule has 1 aromatic rings. The fourth-order valence-electron chi connectivity index (χ4n) is 1.18. The van der Waals surface area contributed by atoms with Gasteiger partial charge in [0, 0.05) is 7.05 Å². The van der Waals surface area contributed by atoms with Gasteiger partial charge in [0.25, 0.3) is 0 Å². The topological polar surface area (TPSA) is 84.7 Å². The van der Waals surface area contributed by atoms with Crippen LogP contribution in [0.4, 0.5) is 11.4 Å². The van der Waals surface area contributed by atoms with Crippen LogP contribution in [0.3, 0.4) is 0 Å². The SMILES string of the molecule is CNS(=O)(=O)c1ccc(N)c(N(C)OC)c1. The monoisotopic (exact) mass is 245 g/mol. The molecule has 16 heavy (non-hydrogen) atoms. The van der Waals surface area contributed by atoms with Crippen LogP contribution in [0.2, 0.25) is 0 Å².